The first-order valence-corrected chi connectivity index (χ1v) is 7.60. The molecule has 1 aliphatic rings. The van der Waals surface area contributed by atoms with Crippen molar-refractivity contribution in [3.63, 3.8) is 0 Å². The van der Waals surface area contributed by atoms with Crippen LogP contribution in [0.4, 0.5) is 5.82 Å². The Morgan fingerprint density at radius 2 is 1.95 bits per heavy atom. The number of nitrogens with one attached hydrogen (secondary N) is 1. The van der Waals surface area contributed by atoms with E-state index in [4.69, 9.17) is 9.72 Å². The highest BCUT2D eigenvalue weighted by Gasteiger charge is 2.27. The monoisotopic (exact) mass is 283 g/mol. The Morgan fingerprint density at radius 1 is 1.19 bits per heavy atom. The van der Waals surface area contributed by atoms with Crippen molar-refractivity contribution in [1.82, 2.24) is 9.97 Å². The molecule has 0 saturated heterocycles. The Hall–Kier alpha value is -2.10. The summed E-state index contributed by atoms with van der Waals surface area (Å²) in [6.45, 7) is 2.86. The van der Waals surface area contributed by atoms with Crippen LogP contribution >= 0.6 is 0 Å². The lowest BCUT2D eigenvalue weighted by atomic mass is 10.1. The first-order chi connectivity index (χ1) is 10.3. The molecule has 0 aliphatic heterocycles. The highest BCUT2D eigenvalue weighted by atomic mass is 16.5. The Bertz CT molecular complexity index is 606. The molecular formula is C17H21N3O. The topological polar surface area (TPSA) is 47.0 Å². The summed E-state index contributed by atoms with van der Waals surface area (Å²) in [6.07, 6.45) is 3.43. The van der Waals surface area contributed by atoms with E-state index in [0.29, 0.717) is 5.92 Å². The van der Waals surface area contributed by atoms with Gasteiger partial charge in [0.25, 0.3) is 0 Å². The second-order valence-corrected chi connectivity index (χ2v) is 5.39. The second kappa shape index (κ2) is 6.12. The molecule has 1 aromatic carbocycles. The summed E-state index contributed by atoms with van der Waals surface area (Å²) >= 11 is 0. The molecule has 1 aromatic heterocycles. The van der Waals surface area contributed by atoms with Gasteiger partial charge in [0.2, 0.25) is 0 Å². The van der Waals surface area contributed by atoms with Crippen LogP contribution in [0, 0.1) is 0 Å². The van der Waals surface area contributed by atoms with Crippen molar-refractivity contribution >= 4 is 5.82 Å². The van der Waals surface area contributed by atoms with Gasteiger partial charge in [-0.3, -0.25) is 0 Å². The number of rotatable bonds is 6. The van der Waals surface area contributed by atoms with Gasteiger partial charge in [0.05, 0.1) is 12.3 Å². The molecule has 2 aromatic rings. The predicted octanol–water partition coefficient (Wildman–Crippen LogP) is 3.85. The highest BCUT2D eigenvalue weighted by Crippen LogP contribution is 2.39. The van der Waals surface area contributed by atoms with Crippen molar-refractivity contribution < 1.29 is 4.74 Å². The second-order valence-electron chi connectivity index (χ2n) is 5.39. The van der Waals surface area contributed by atoms with Gasteiger partial charge in [-0.2, -0.15) is 0 Å². The summed E-state index contributed by atoms with van der Waals surface area (Å²) in [5.74, 6) is 3.30. The van der Waals surface area contributed by atoms with Crippen molar-refractivity contribution in [1.29, 1.82) is 0 Å². The summed E-state index contributed by atoms with van der Waals surface area (Å²) in [4.78, 5) is 9.26. The number of benzene rings is 1. The molecule has 110 valence electrons. The normalized spacial score (nSPS) is 14.0. The molecule has 1 N–H and O–H groups in total. The Labute approximate surface area is 125 Å². The van der Waals surface area contributed by atoms with E-state index in [9.17, 15) is 0 Å². The minimum atomic E-state index is 0.546. The molecule has 1 heterocycles. The maximum Gasteiger partial charge on any atom is 0.134 e. The van der Waals surface area contributed by atoms with Gasteiger partial charge in [-0.15, -0.1) is 0 Å². The van der Waals surface area contributed by atoms with Crippen LogP contribution in [-0.4, -0.2) is 23.6 Å². The summed E-state index contributed by atoms with van der Waals surface area (Å²) in [5, 5.41) is 3.12. The van der Waals surface area contributed by atoms with E-state index in [1.165, 1.54) is 12.8 Å². The standard InChI is InChI=1S/C17H21N3O/c1-3-10-21-14-8-6-12(7-9-14)15-11-16(18-2)20-17(19-15)13-4-5-13/h6-9,11,13H,3-5,10H2,1-2H3,(H,18,19,20). The average molecular weight is 283 g/mol. The van der Waals surface area contributed by atoms with Crippen molar-refractivity contribution in [3.05, 3.63) is 36.2 Å². The lowest BCUT2D eigenvalue weighted by Gasteiger charge is -2.09. The third-order valence-corrected chi connectivity index (χ3v) is 3.57. The van der Waals surface area contributed by atoms with Crippen molar-refractivity contribution in [3.8, 4) is 17.0 Å². The van der Waals surface area contributed by atoms with Gasteiger partial charge in [0.1, 0.15) is 17.4 Å². The number of nitrogens with zero attached hydrogens (tertiary/aromatic N) is 2. The zero-order chi connectivity index (χ0) is 14.7. The molecule has 0 bridgehead atoms. The average Bonchev–Trinajstić information content (AvgIpc) is 3.38. The van der Waals surface area contributed by atoms with E-state index in [1.54, 1.807) is 0 Å². The largest absolute Gasteiger partial charge is 0.494 e. The maximum atomic E-state index is 5.62. The zero-order valence-corrected chi connectivity index (χ0v) is 12.6. The quantitative estimate of drug-likeness (QED) is 0.874. The number of ether oxygens (including phenoxy) is 1. The molecule has 0 amide bonds. The van der Waals surface area contributed by atoms with Crippen LogP contribution < -0.4 is 10.1 Å². The zero-order valence-electron chi connectivity index (χ0n) is 12.6. The Morgan fingerprint density at radius 3 is 2.57 bits per heavy atom. The summed E-state index contributed by atoms with van der Waals surface area (Å²) in [6, 6.07) is 10.1. The highest BCUT2D eigenvalue weighted by molar-refractivity contribution is 5.63. The van der Waals surface area contributed by atoms with Gasteiger partial charge in [0.15, 0.2) is 0 Å². The van der Waals surface area contributed by atoms with Crippen LogP contribution in [0.15, 0.2) is 30.3 Å². The van der Waals surface area contributed by atoms with Crippen molar-refractivity contribution in [2.45, 2.75) is 32.1 Å². The van der Waals surface area contributed by atoms with E-state index in [0.717, 1.165) is 41.7 Å². The number of hydrogen-bond donors (Lipinski definition) is 1. The van der Waals surface area contributed by atoms with Gasteiger partial charge >= 0.3 is 0 Å². The van der Waals surface area contributed by atoms with Crippen molar-refractivity contribution in [2.24, 2.45) is 0 Å². The summed E-state index contributed by atoms with van der Waals surface area (Å²) in [5.41, 5.74) is 2.07. The van der Waals surface area contributed by atoms with E-state index < -0.39 is 0 Å². The maximum absolute atomic E-state index is 5.62. The van der Waals surface area contributed by atoms with Crippen LogP contribution in [0.3, 0.4) is 0 Å². The fraction of sp³-hybridized carbons (Fsp3) is 0.412. The van der Waals surface area contributed by atoms with E-state index >= 15 is 0 Å². The molecule has 4 heteroatoms. The molecule has 4 nitrogen and oxygen atoms in total. The van der Waals surface area contributed by atoms with Crippen LogP contribution in [0.2, 0.25) is 0 Å². The van der Waals surface area contributed by atoms with E-state index in [2.05, 4.69) is 29.4 Å². The minimum absolute atomic E-state index is 0.546. The lowest BCUT2D eigenvalue weighted by Crippen LogP contribution is -2.00. The van der Waals surface area contributed by atoms with Gasteiger partial charge in [-0.25, -0.2) is 9.97 Å². The molecule has 0 unspecified atom stereocenters. The van der Waals surface area contributed by atoms with Gasteiger partial charge in [0, 0.05) is 24.6 Å². The smallest absolute Gasteiger partial charge is 0.134 e. The first-order valence-electron chi connectivity index (χ1n) is 7.60. The molecule has 0 spiro atoms. The molecule has 3 rings (SSSR count). The Kier molecular flexibility index (Phi) is 4.04. The van der Waals surface area contributed by atoms with Crippen molar-refractivity contribution in [2.75, 3.05) is 19.0 Å². The molecular weight excluding hydrogens is 262 g/mol. The molecule has 0 atom stereocenters. The number of aromatic nitrogens is 2. The summed E-state index contributed by atoms with van der Waals surface area (Å²) < 4.78 is 5.62. The Balaban J connectivity index is 1.86. The predicted molar refractivity (Wildman–Crippen MR) is 84.8 cm³/mol. The number of anilines is 1. The summed E-state index contributed by atoms with van der Waals surface area (Å²) in [7, 11) is 1.89. The van der Waals surface area contributed by atoms with Gasteiger partial charge in [-0.1, -0.05) is 6.92 Å². The van der Waals surface area contributed by atoms with Crippen LogP contribution in [0.1, 0.15) is 37.9 Å². The van der Waals surface area contributed by atoms with E-state index in [-0.39, 0.29) is 0 Å². The van der Waals surface area contributed by atoms with E-state index in [1.807, 2.05) is 25.2 Å². The van der Waals surface area contributed by atoms with Crippen LogP contribution in [0.25, 0.3) is 11.3 Å². The molecule has 21 heavy (non-hydrogen) atoms. The number of hydrogen-bond acceptors (Lipinski definition) is 4. The van der Waals surface area contributed by atoms with Gasteiger partial charge in [-0.05, 0) is 43.5 Å². The fourth-order valence-electron chi connectivity index (χ4n) is 2.21. The lowest BCUT2D eigenvalue weighted by molar-refractivity contribution is 0.317. The fourth-order valence-corrected chi connectivity index (χ4v) is 2.21. The SMILES string of the molecule is CCCOc1ccc(-c2cc(NC)nc(C3CC3)n2)cc1. The molecule has 1 fully saturated rings. The van der Waals surface area contributed by atoms with Crippen LogP contribution in [0.5, 0.6) is 5.75 Å². The van der Waals surface area contributed by atoms with Crippen LogP contribution in [-0.2, 0) is 0 Å². The molecule has 1 saturated carbocycles. The minimum Gasteiger partial charge on any atom is -0.494 e. The molecule has 0 radical (unpaired) electrons. The third-order valence-electron chi connectivity index (χ3n) is 3.57. The third kappa shape index (κ3) is 3.32. The molecule has 1 aliphatic carbocycles. The first kappa shape index (κ1) is 13.9. The van der Waals surface area contributed by atoms with Gasteiger partial charge < -0.3 is 10.1 Å².